The van der Waals surface area contributed by atoms with Gasteiger partial charge in [-0.1, -0.05) is 11.6 Å². The first-order chi connectivity index (χ1) is 10.3. The molecule has 0 saturated carbocycles. The van der Waals surface area contributed by atoms with E-state index in [2.05, 4.69) is 26.8 Å². The molecule has 0 radical (unpaired) electrons. The van der Waals surface area contributed by atoms with Gasteiger partial charge in [-0.2, -0.15) is 0 Å². The van der Waals surface area contributed by atoms with Gasteiger partial charge in [0.25, 0.3) is 0 Å². The second-order valence-electron chi connectivity index (χ2n) is 5.79. The molecule has 1 atom stereocenters. The summed E-state index contributed by atoms with van der Waals surface area (Å²) in [5, 5.41) is 0.771. The van der Waals surface area contributed by atoms with Crippen LogP contribution in [0.1, 0.15) is 12.8 Å². The van der Waals surface area contributed by atoms with Crippen LogP contribution in [0.3, 0.4) is 0 Å². The molecule has 1 unspecified atom stereocenters. The smallest absolute Gasteiger partial charge is 0.151 e. The highest BCUT2D eigenvalue weighted by atomic mass is 35.5. The molecule has 0 bridgehead atoms. The number of halogens is 1. The van der Waals surface area contributed by atoms with E-state index in [4.69, 9.17) is 11.6 Å². The molecule has 2 aliphatic rings. The summed E-state index contributed by atoms with van der Waals surface area (Å²) in [7, 11) is 0. The van der Waals surface area contributed by atoms with E-state index in [-0.39, 0.29) is 6.17 Å². The van der Waals surface area contributed by atoms with Gasteiger partial charge in [-0.15, -0.1) is 0 Å². The Morgan fingerprint density at radius 1 is 0.905 bits per heavy atom. The first-order valence-electron chi connectivity index (χ1n) is 7.72. The lowest BCUT2D eigenvalue weighted by atomic mass is 10.2. The predicted molar refractivity (Wildman–Crippen MR) is 85.9 cm³/mol. The van der Waals surface area contributed by atoms with Gasteiger partial charge in [-0.25, -0.2) is 0 Å². The molecular weight excluding hydrogens is 286 g/mol. The highest BCUT2D eigenvalue weighted by Crippen LogP contribution is 2.21. The number of anilines is 1. The molecule has 1 aromatic carbocycles. The van der Waals surface area contributed by atoms with Crippen molar-refractivity contribution >= 4 is 23.6 Å². The highest BCUT2D eigenvalue weighted by molar-refractivity contribution is 6.30. The van der Waals surface area contributed by atoms with Crippen LogP contribution in [0.4, 0.5) is 5.69 Å². The standard InChI is InChI=1S/C16H22ClN3O/c17-14-3-5-15(6-4-14)18-9-11-20(12-10-18)16(13-21)19-7-1-2-8-19/h3-6,13,16H,1-2,7-12H2. The molecule has 21 heavy (non-hydrogen) atoms. The molecule has 1 aromatic rings. The number of piperazine rings is 1. The zero-order valence-electron chi connectivity index (χ0n) is 12.2. The van der Waals surface area contributed by atoms with Crippen molar-refractivity contribution in [3.05, 3.63) is 29.3 Å². The van der Waals surface area contributed by atoms with Crippen molar-refractivity contribution in [2.75, 3.05) is 44.2 Å². The van der Waals surface area contributed by atoms with E-state index in [1.165, 1.54) is 18.5 Å². The van der Waals surface area contributed by atoms with E-state index >= 15 is 0 Å². The maximum Gasteiger partial charge on any atom is 0.151 e. The van der Waals surface area contributed by atoms with Crippen LogP contribution in [0.25, 0.3) is 0 Å². The lowest BCUT2D eigenvalue weighted by Crippen LogP contribution is -2.56. The molecule has 2 saturated heterocycles. The Bertz CT molecular complexity index is 465. The van der Waals surface area contributed by atoms with Crippen LogP contribution in [-0.2, 0) is 4.79 Å². The van der Waals surface area contributed by atoms with Crippen LogP contribution >= 0.6 is 11.6 Å². The van der Waals surface area contributed by atoms with Crippen LogP contribution in [0.2, 0.25) is 5.02 Å². The number of nitrogens with zero attached hydrogens (tertiary/aromatic N) is 3. The van der Waals surface area contributed by atoms with Crippen molar-refractivity contribution in [2.24, 2.45) is 0 Å². The second kappa shape index (κ2) is 6.77. The minimum absolute atomic E-state index is 0.0279. The minimum Gasteiger partial charge on any atom is -0.369 e. The number of likely N-dealkylation sites (tertiary alicyclic amines) is 1. The zero-order valence-corrected chi connectivity index (χ0v) is 13.0. The Labute approximate surface area is 131 Å². The topological polar surface area (TPSA) is 26.8 Å². The average molecular weight is 308 g/mol. The quantitative estimate of drug-likeness (QED) is 0.796. The maximum absolute atomic E-state index is 11.5. The molecule has 0 amide bonds. The molecule has 2 aliphatic heterocycles. The number of carbonyl (C=O) groups excluding carboxylic acids is 1. The van der Waals surface area contributed by atoms with Crippen molar-refractivity contribution in [2.45, 2.75) is 19.0 Å². The van der Waals surface area contributed by atoms with Crippen LogP contribution < -0.4 is 4.90 Å². The Balaban J connectivity index is 1.58. The molecule has 114 valence electrons. The summed E-state index contributed by atoms with van der Waals surface area (Å²) in [6, 6.07) is 7.99. The van der Waals surface area contributed by atoms with E-state index in [1.807, 2.05) is 12.1 Å². The van der Waals surface area contributed by atoms with E-state index in [9.17, 15) is 4.79 Å². The maximum atomic E-state index is 11.5. The summed E-state index contributed by atoms with van der Waals surface area (Å²) >= 11 is 5.94. The molecule has 0 N–H and O–H groups in total. The van der Waals surface area contributed by atoms with Gasteiger partial charge < -0.3 is 9.69 Å². The van der Waals surface area contributed by atoms with E-state index in [1.54, 1.807) is 0 Å². The Morgan fingerprint density at radius 3 is 2.05 bits per heavy atom. The van der Waals surface area contributed by atoms with Gasteiger partial charge in [0.2, 0.25) is 0 Å². The Hall–Kier alpha value is -1.10. The van der Waals surface area contributed by atoms with Crippen molar-refractivity contribution in [3.63, 3.8) is 0 Å². The molecule has 0 spiro atoms. The molecule has 0 aromatic heterocycles. The van der Waals surface area contributed by atoms with Gasteiger partial charge in [0.1, 0.15) is 6.17 Å². The molecule has 5 heteroatoms. The first-order valence-corrected chi connectivity index (χ1v) is 8.09. The van der Waals surface area contributed by atoms with Gasteiger partial charge in [-0.3, -0.25) is 9.80 Å². The third kappa shape index (κ3) is 3.39. The summed E-state index contributed by atoms with van der Waals surface area (Å²) in [6.45, 7) is 5.90. The number of rotatable bonds is 4. The van der Waals surface area contributed by atoms with Crippen LogP contribution in [0.5, 0.6) is 0 Å². The average Bonchev–Trinajstić information content (AvgIpc) is 3.04. The molecule has 0 aliphatic carbocycles. The third-order valence-electron chi connectivity index (χ3n) is 4.52. The van der Waals surface area contributed by atoms with Gasteiger partial charge >= 0.3 is 0 Å². The van der Waals surface area contributed by atoms with E-state index in [0.29, 0.717) is 0 Å². The first kappa shape index (κ1) is 14.8. The van der Waals surface area contributed by atoms with Crippen molar-refractivity contribution in [3.8, 4) is 0 Å². The molecule has 2 fully saturated rings. The largest absolute Gasteiger partial charge is 0.369 e. The van der Waals surface area contributed by atoms with Crippen molar-refractivity contribution < 1.29 is 4.79 Å². The highest BCUT2D eigenvalue weighted by Gasteiger charge is 2.29. The number of carbonyl (C=O) groups is 1. The minimum atomic E-state index is -0.0279. The monoisotopic (exact) mass is 307 g/mol. The summed E-state index contributed by atoms with van der Waals surface area (Å²) < 4.78 is 0. The lowest BCUT2D eigenvalue weighted by molar-refractivity contribution is -0.118. The Morgan fingerprint density at radius 2 is 1.48 bits per heavy atom. The molecule has 3 rings (SSSR count). The summed E-state index contributed by atoms with van der Waals surface area (Å²) in [5.41, 5.74) is 1.21. The van der Waals surface area contributed by atoms with Gasteiger partial charge in [0, 0.05) is 50.0 Å². The van der Waals surface area contributed by atoms with Crippen molar-refractivity contribution in [1.82, 2.24) is 9.80 Å². The molecule has 4 nitrogen and oxygen atoms in total. The number of benzene rings is 1. The van der Waals surface area contributed by atoms with Crippen LogP contribution in [0, 0.1) is 0 Å². The third-order valence-corrected chi connectivity index (χ3v) is 4.77. The summed E-state index contributed by atoms with van der Waals surface area (Å²) in [4.78, 5) is 18.4. The van der Waals surface area contributed by atoms with Gasteiger partial charge in [-0.05, 0) is 37.1 Å². The number of hydrogen-bond acceptors (Lipinski definition) is 4. The van der Waals surface area contributed by atoms with Crippen molar-refractivity contribution in [1.29, 1.82) is 0 Å². The van der Waals surface area contributed by atoms with E-state index in [0.717, 1.165) is 50.6 Å². The fourth-order valence-electron chi connectivity index (χ4n) is 3.31. The number of hydrogen-bond donors (Lipinski definition) is 0. The van der Waals surface area contributed by atoms with Crippen LogP contribution in [0.15, 0.2) is 24.3 Å². The lowest BCUT2D eigenvalue weighted by Gasteiger charge is -2.41. The fourth-order valence-corrected chi connectivity index (χ4v) is 3.43. The summed E-state index contributed by atoms with van der Waals surface area (Å²) in [6.07, 6.45) is 3.52. The van der Waals surface area contributed by atoms with Gasteiger partial charge in [0.15, 0.2) is 6.29 Å². The molecular formula is C16H22ClN3O. The predicted octanol–water partition coefficient (Wildman–Crippen LogP) is 2.08. The molecule has 2 heterocycles. The zero-order chi connectivity index (χ0) is 14.7. The van der Waals surface area contributed by atoms with Crippen LogP contribution in [-0.4, -0.2) is 61.5 Å². The normalized spacial score (nSPS) is 22.4. The Kier molecular flexibility index (Phi) is 4.78. The van der Waals surface area contributed by atoms with Gasteiger partial charge in [0.05, 0.1) is 0 Å². The SMILES string of the molecule is O=CC(N1CCCC1)N1CCN(c2ccc(Cl)cc2)CC1. The van der Waals surface area contributed by atoms with E-state index < -0.39 is 0 Å². The summed E-state index contributed by atoms with van der Waals surface area (Å²) in [5.74, 6) is 0. The fraction of sp³-hybridized carbons (Fsp3) is 0.562. The second-order valence-corrected chi connectivity index (χ2v) is 6.23. The number of aldehydes is 1.